The monoisotopic (exact) mass is 493 g/mol. The lowest BCUT2D eigenvalue weighted by molar-refractivity contribution is -0.123. The second-order valence-corrected chi connectivity index (χ2v) is 8.86. The van der Waals surface area contributed by atoms with Crippen LogP contribution >= 0.6 is 11.8 Å². The number of hydrogen-bond acceptors (Lipinski definition) is 8. The molecule has 178 valence electrons. The normalized spacial score (nSPS) is 18.2. The first-order valence-corrected chi connectivity index (χ1v) is 11.6. The van der Waals surface area contributed by atoms with Crippen LogP contribution in [0.2, 0.25) is 0 Å². The fourth-order valence-electron chi connectivity index (χ4n) is 3.86. The van der Waals surface area contributed by atoms with Gasteiger partial charge in [0.05, 0.1) is 10.6 Å². The highest BCUT2D eigenvalue weighted by molar-refractivity contribution is 8.18. The summed E-state index contributed by atoms with van der Waals surface area (Å²) in [6.07, 6.45) is 1.98. The second-order valence-electron chi connectivity index (χ2n) is 7.87. The number of amides is 5. The molecule has 2 aromatic carbocycles. The molecule has 0 bridgehead atoms. The van der Waals surface area contributed by atoms with Gasteiger partial charge in [-0.1, -0.05) is 6.07 Å². The highest BCUT2D eigenvalue weighted by Crippen LogP contribution is 2.36. The van der Waals surface area contributed by atoms with Gasteiger partial charge in [0.2, 0.25) is 18.6 Å². The Balaban J connectivity index is 1.17. The highest BCUT2D eigenvalue weighted by Gasteiger charge is 2.35. The minimum Gasteiger partial charge on any atom is -0.454 e. The molecule has 3 heterocycles. The van der Waals surface area contributed by atoms with Gasteiger partial charge < -0.3 is 14.8 Å². The van der Waals surface area contributed by atoms with Gasteiger partial charge in [-0.05, 0) is 59.8 Å². The SMILES string of the molecule is O=C(NCCN1C(=O)S/C(=C\c2ccc3c(c2)OCO3)C1=O)c1ccc(N2C(=O)CCC2=O)cc1. The van der Waals surface area contributed by atoms with Crippen LogP contribution < -0.4 is 19.7 Å². The lowest BCUT2D eigenvalue weighted by Gasteiger charge is -2.15. The number of carbonyl (C=O) groups excluding carboxylic acids is 5. The number of carbonyl (C=O) groups is 5. The molecule has 0 atom stereocenters. The van der Waals surface area contributed by atoms with Crippen LogP contribution in [0.25, 0.3) is 6.08 Å². The molecule has 11 heteroatoms. The lowest BCUT2D eigenvalue weighted by Crippen LogP contribution is -2.37. The first kappa shape index (κ1) is 22.7. The summed E-state index contributed by atoms with van der Waals surface area (Å²) in [5, 5.41) is 2.26. The number of benzene rings is 2. The molecule has 0 unspecified atom stereocenters. The van der Waals surface area contributed by atoms with E-state index in [4.69, 9.17) is 9.47 Å². The van der Waals surface area contributed by atoms with Crippen molar-refractivity contribution in [3.63, 3.8) is 0 Å². The number of imide groups is 2. The first-order chi connectivity index (χ1) is 16.9. The quantitative estimate of drug-likeness (QED) is 0.481. The number of rotatable bonds is 6. The third kappa shape index (κ3) is 4.50. The van der Waals surface area contributed by atoms with Crippen molar-refractivity contribution in [3.8, 4) is 11.5 Å². The molecule has 2 saturated heterocycles. The number of hydrogen-bond donors (Lipinski definition) is 1. The zero-order chi connectivity index (χ0) is 24.5. The molecule has 0 radical (unpaired) electrons. The van der Waals surface area contributed by atoms with E-state index in [0.717, 1.165) is 21.6 Å². The Morgan fingerprint density at radius 2 is 1.69 bits per heavy atom. The van der Waals surface area contributed by atoms with Crippen molar-refractivity contribution >= 4 is 52.4 Å². The summed E-state index contributed by atoms with van der Waals surface area (Å²) in [7, 11) is 0. The molecule has 1 N–H and O–H groups in total. The van der Waals surface area contributed by atoms with Gasteiger partial charge in [-0.3, -0.25) is 33.8 Å². The molecule has 5 rings (SSSR count). The van der Waals surface area contributed by atoms with Crippen LogP contribution in [0.15, 0.2) is 47.4 Å². The third-order valence-electron chi connectivity index (χ3n) is 5.63. The van der Waals surface area contributed by atoms with Gasteiger partial charge in [0.1, 0.15) is 0 Å². The summed E-state index contributed by atoms with van der Waals surface area (Å²) in [4.78, 5) is 63.7. The maximum absolute atomic E-state index is 12.7. The van der Waals surface area contributed by atoms with Gasteiger partial charge >= 0.3 is 0 Å². The van der Waals surface area contributed by atoms with E-state index in [-0.39, 0.29) is 49.4 Å². The van der Waals surface area contributed by atoms with Gasteiger partial charge in [0.15, 0.2) is 11.5 Å². The molecule has 3 aliphatic heterocycles. The fourth-order valence-corrected chi connectivity index (χ4v) is 4.72. The van der Waals surface area contributed by atoms with E-state index in [9.17, 15) is 24.0 Å². The van der Waals surface area contributed by atoms with Crippen molar-refractivity contribution in [3.05, 3.63) is 58.5 Å². The summed E-state index contributed by atoms with van der Waals surface area (Å²) in [5.41, 5.74) is 1.44. The van der Waals surface area contributed by atoms with Crippen molar-refractivity contribution in [1.82, 2.24) is 10.2 Å². The number of nitrogens with zero attached hydrogens (tertiary/aromatic N) is 2. The van der Waals surface area contributed by atoms with E-state index in [1.54, 1.807) is 24.3 Å². The zero-order valence-corrected chi connectivity index (χ0v) is 19.1. The zero-order valence-electron chi connectivity index (χ0n) is 18.3. The molecular weight excluding hydrogens is 474 g/mol. The summed E-state index contributed by atoms with van der Waals surface area (Å²) in [6, 6.07) is 11.3. The highest BCUT2D eigenvalue weighted by atomic mass is 32.2. The molecule has 3 aliphatic rings. The van der Waals surface area contributed by atoms with E-state index >= 15 is 0 Å². The van der Waals surface area contributed by atoms with Crippen LogP contribution in [0.5, 0.6) is 11.5 Å². The van der Waals surface area contributed by atoms with Crippen LogP contribution in [0.3, 0.4) is 0 Å². The van der Waals surface area contributed by atoms with Crippen LogP contribution in [0, 0.1) is 0 Å². The summed E-state index contributed by atoms with van der Waals surface area (Å²) >= 11 is 0.833. The summed E-state index contributed by atoms with van der Waals surface area (Å²) < 4.78 is 10.6. The molecule has 0 aromatic heterocycles. The number of nitrogens with one attached hydrogen (secondary N) is 1. The molecule has 2 aromatic rings. The van der Waals surface area contributed by atoms with Gasteiger partial charge in [-0.25, -0.2) is 0 Å². The van der Waals surface area contributed by atoms with E-state index in [0.29, 0.717) is 28.3 Å². The predicted octanol–water partition coefficient (Wildman–Crippen LogP) is 2.54. The summed E-state index contributed by atoms with van der Waals surface area (Å²) in [5.74, 6) is -0.172. The first-order valence-electron chi connectivity index (χ1n) is 10.8. The lowest BCUT2D eigenvalue weighted by atomic mass is 10.2. The second kappa shape index (κ2) is 9.26. The van der Waals surface area contributed by atoms with Crippen molar-refractivity contribution in [2.75, 3.05) is 24.8 Å². The molecule has 10 nitrogen and oxygen atoms in total. The van der Waals surface area contributed by atoms with Crippen LogP contribution in [0.1, 0.15) is 28.8 Å². The molecule has 5 amide bonds. The molecule has 0 saturated carbocycles. The number of anilines is 1. The fraction of sp³-hybridized carbons (Fsp3) is 0.208. The summed E-state index contributed by atoms with van der Waals surface area (Å²) in [6.45, 7) is 0.228. The largest absolute Gasteiger partial charge is 0.454 e. The Kier molecular flexibility index (Phi) is 6.00. The number of fused-ring (bicyclic) bond motifs is 1. The van der Waals surface area contributed by atoms with E-state index in [1.807, 2.05) is 0 Å². The Labute approximate surface area is 203 Å². The van der Waals surface area contributed by atoms with E-state index in [1.165, 1.54) is 24.3 Å². The molecule has 0 spiro atoms. The van der Waals surface area contributed by atoms with E-state index < -0.39 is 17.1 Å². The van der Waals surface area contributed by atoms with Gasteiger partial charge in [0.25, 0.3) is 17.1 Å². The number of thioether (sulfide) groups is 1. The van der Waals surface area contributed by atoms with E-state index in [2.05, 4.69) is 5.32 Å². The van der Waals surface area contributed by atoms with Crippen molar-refractivity contribution in [1.29, 1.82) is 0 Å². The molecular formula is C24H19N3O7S. The predicted molar refractivity (Wildman–Crippen MR) is 126 cm³/mol. The van der Waals surface area contributed by atoms with Gasteiger partial charge in [-0.2, -0.15) is 0 Å². The minimum absolute atomic E-state index is 0.0176. The Bertz CT molecular complexity index is 1270. The number of ether oxygens (including phenoxy) is 2. The smallest absolute Gasteiger partial charge is 0.293 e. The Morgan fingerprint density at radius 1 is 0.971 bits per heavy atom. The molecule has 35 heavy (non-hydrogen) atoms. The molecule has 0 aliphatic carbocycles. The average molecular weight is 493 g/mol. The van der Waals surface area contributed by atoms with Crippen molar-refractivity contribution in [2.24, 2.45) is 0 Å². The topological polar surface area (TPSA) is 122 Å². The van der Waals surface area contributed by atoms with Crippen LogP contribution in [-0.4, -0.2) is 53.7 Å². The maximum Gasteiger partial charge on any atom is 0.293 e. The standard InChI is InChI=1S/C24H19N3O7S/c28-20-7-8-21(29)27(20)16-4-2-15(3-5-16)22(30)25-9-10-26-23(31)19(35-24(26)32)12-14-1-6-17-18(11-14)34-13-33-17/h1-6,11-12H,7-10,13H2,(H,25,30)/b19-12-. The Morgan fingerprint density at radius 3 is 2.43 bits per heavy atom. The van der Waals surface area contributed by atoms with Crippen LogP contribution in [-0.2, 0) is 14.4 Å². The average Bonchev–Trinajstić information content (AvgIpc) is 3.52. The van der Waals surface area contributed by atoms with Crippen molar-refractivity contribution in [2.45, 2.75) is 12.8 Å². The Hall–Kier alpha value is -4.12. The third-order valence-corrected chi connectivity index (χ3v) is 6.54. The minimum atomic E-state index is -0.434. The maximum atomic E-state index is 12.7. The van der Waals surface area contributed by atoms with Crippen LogP contribution in [0.4, 0.5) is 10.5 Å². The van der Waals surface area contributed by atoms with Gasteiger partial charge in [-0.15, -0.1) is 0 Å². The van der Waals surface area contributed by atoms with Crippen molar-refractivity contribution < 1.29 is 33.4 Å². The molecule has 2 fully saturated rings. The van der Waals surface area contributed by atoms with Gasteiger partial charge in [0, 0.05) is 31.5 Å².